The largest absolute Gasteiger partial charge is 0.497 e. The van der Waals surface area contributed by atoms with Crippen molar-refractivity contribution in [1.82, 2.24) is 9.55 Å². The number of amides is 1. The van der Waals surface area contributed by atoms with Crippen LogP contribution in [0.15, 0.2) is 47.3 Å². The molecule has 3 aromatic rings. The highest BCUT2D eigenvalue weighted by Crippen LogP contribution is 2.20. The summed E-state index contributed by atoms with van der Waals surface area (Å²) in [6.45, 7) is 0.706. The third-order valence-electron chi connectivity index (χ3n) is 4.66. The number of hydrogen-bond donors (Lipinski definition) is 1. The molecule has 0 bridgehead atoms. The van der Waals surface area contributed by atoms with E-state index in [-0.39, 0.29) is 11.5 Å². The highest BCUT2D eigenvalue weighted by molar-refractivity contribution is 6.05. The van der Waals surface area contributed by atoms with Crippen molar-refractivity contribution in [1.29, 1.82) is 0 Å². The molecule has 0 unspecified atom stereocenters. The first kappa shape index (κ1) is 16.3. The molecule has 2 heterocycles. The average molecular weight is 349 g/mol. The van der Waals surface area contributed by atoms with Crippen molar-refractivity contribution >= 4 is 22.5 Å². The molecule has 0 spiro atoms. The Bertz CT molecular complexity index is 1060. The van der Waals surface area contributed by atoms with Crippen LogP contribution in [-0.4, -0.2) is 22.6 Å². The van der Waals surface area contributed by atoms with Crippen molar-refractivity contribution in [2.24, 2.45) is 0 Å². The Kier molecular flexibility index (Phi) is 4.16. The van der Waals surface area contributed by atoms with Crippen LogP contribution < -0.4 is 15.6 Å². The fraction of sp³-hybridized carbons (Fsp3) is 0.250. The van der Waals surface area contributed by atoms with Crippen LogP contribution in [-0.2, 0) is 13.0 Å². The monoisotopic (exact) mass is 349 g/mol. The van der Waals surface area contributed by atoms with Crippen molar-refractivity contribution < 1.29 is 9.53 Å². The lowest BCUT2D eigenvalue weighted by Crippen LogP contribution is -2.28. The zero-order valence-corrected chi connectivity index (χ0v) is 14.5. The van der Waals surface area contributed by atoms with Gasteiger partial charge in [0.1, 0.15) is 11.6 Å². The Morgan fingerprint density at radius 2 is 2.08 bits per heavy atom. The van der Waals surface area contributed by atoms with Gasteiger partial charge in [0.25, 0.3) is 11.5 Å². The number of benzene rings is 2. The van der Waals surface area contributed by atoms with E-state index in [2.05, 4.69) is 10.3 Å². The molecule has 0 aliphatic carbocycles. The predicted molar refractivity (Wildman–Crippen MR) is 99.9 cm³/mol. The van der Waals surface area contributed by atoms with Gasteiger partial charge in [-0.25, -0.2) is 4.98 Å². The van der Waals surface area contributed by atoms with Gasteiger partial charge in [-0.15, -0.1) is 0 Å². The number of nitrogens with one attached hydrogen (secondary N) is 1. The van der Waals surface area contributed by atoms with E-state index in [1.165, 1.54) is 0 Å². The van der Waals surface area contributed by atoms with Gasteiger partial charge in [-0.05, 0) is 49.2 Å². The number of nitrogens with zero attached hydrogens (tertiary/aromatic N) is 2. The second-order valence-electron chi connectivity index (χ2n) is 6.36. The first-order valence-corrected chi connectivity index (χ1v) is 8.64. The molecule has 0 saturated heterocycles. The lowest BCUT2D eigenvalue weighted by molar-refractivity contribution is 0.102. The molecule has 26 heavy (non-hydrogen) atoms. The lowest BCUT2D eigenvalue weighted by Gasteiger charge is -2.18. The standard InChI is InChI=1S/C20H19N3O3/c1-26-15-6-4-5-13(11-15)19(24)21-14-8-9-17-16(12-14)20(25)23-10-3-2-7-18(23)22-17/h4-6,8-9,11-12H,2-3,7,10H2,1H3,(H,21,24). The normalized spacial score (nSPS) is 13.3. The summed E-state index contributed by atoms with van der Waals surface area (Å²) in [4.78, 5) is 29.8. The number of aromatic nitrogens is 2. The van der Waals surface area contributed by atoms with Gasteiger partial charge < -0.3 is 10.1 Å². The number of fused-ring (bicyclic) bond motifs is 2. The highest BCUT2D eigenvalue weighted by Gasteiger charge is 2.15. The van der Waals surface area contributed by atoms with E-state index in [4.69, 9.17) is 4.74 Å². The Morgan fingerprint density at radius 3 is 2.92 bits per heavy atom. The zero-order chi connectivity index (χ0) is 18.1. The average Bonchev–Trinajstić information content (AvgIpc) is 2.68. The first-order valence-electron chi connectivity index (χ1n) is 8.64. The summed E-state index contributed by atoms with van der Waals surface area (Å²) in [5, 5.41) is 3.37. The zero-order valence-electron chi connectivity index (χ0n) is 14.5. The van der Waals surface area contributed by atoms with E-state index in [0.29, 0.717) is 34.4 Å². The minimum atomic E-state index is -0.255. The van der Waals surface area contributed by atoms with Crippen LogP contribution in [0.25, 0.3) is 10.9 Å². The minimum absolute atomic E-state index is 0.0396. The smallest absolute Gasteiger partial charge is 0.261 e. The summed E-state index contributed by atoms with van der Waals surface area (Å²) in [5.74, 6) is 1.21. The van der Waals surface area contributed by atoms with Crippen molar-refractivity contribution in [3.63, 3.8) is 0 Å². The van der Waals surface area contributed by atoms with Crippen LogP contribution in [0.2, 0.25) is 0 Å². The first-order chi connectivity index (χ1) is 12.7. The fourth-order valence-corrected chi connectivity index (χ4v) is 3.29. The molecule has 6 heteroatoms. The van der Waals surface area contributed by atoms with E-state index in [0.717, 1.165) is 25.1 Å². The Hall–Kier alpha value is -3.15. The Morgan fingerprint density at radius 1 is 1.19 bits per heavy atom. The summed E-state index contributed by atoms with van der Waals surface area (Å²) in [5.41, 5.74) is 1.69. The van der Waals surface area contributed by atoms with Crippen molar-refractivity contribution in [2.45, 2.75) is 25.8 Å². The van der Waals surface area contributed by atoms with Gasteiger partial charge in [0.2, 0.25) is 0 Å². The van der Waals surface area contributed by atoms with Gasteiger partial charge in [-0.3, -0.25) is 14.2 Å². The third-order valence-corrected chi connectivity index (χ3v) is 4.66. The van der Waals surface area contributed by atoms with Gasteiger partial charge in [0, 0.05) is 24.2 Å². The molecule has 1 aliphatic rings. The summed E-state index contributed by atoms with van der Waals surface area (Å²) >= 11 is 0. The Labute approximate surface area is 150 Å². The molecular weight excluding hydrogens is 330 g/mol. The van der Waals surface area contributed by atoms with Gasteiger partial charge in [-0.1, -0.05) is 6.07 Å². The number of carbonyl (C=O) groups is 1. The molecular formula is C20H19N3O3. The molecule has 2 aromatic carbocycles. The molecule has 1 N–H and O–H groups in total. The predicted octanol–water partition coefficient (Wildman–Crippen LogP) is 2.99. The summed E-state index contributed by atoms with van der Waals surface area (Å²) in [6.07, 6.45) is 2.89. The molecule has 6 nitrogen and oxygen atoms in total. The van der Waals surface area contributed by atoms with Gasteiger partial charge in [0.05, 0.1) is 18.0 Å². The van der Waals surface area contributed by atoms with Gasteiger partial charge >= 0.3 is 0 Å². The number of rotatable bonds is 3. The quantitative estimate of drug-likeness (QED) is 0.789. The number of carbonyl (C=O) groups excluding carboxylic acids is 1. The van der Waals surface area contributed by atoms with Crippen molar-refractivity contribution in [3.05, 3.63) is 64.2 Å². The molecule has 132 valence electrons. The number of ether oxygens (including phenoxy) is 1. The maximum atomic E-state index is 12.8. The molecule has 0 saturated carbocycles. The number of methoxy groups -OCH3 is 1. The van der Waals surface area contributed by atoms with Crippen LogP contribution in [0.5, 0.6) is 5.75 Å². The van der Waals surface area contributed by atoms with E-state index < -0.39 is 0 Å². The number of hydrogen-bond acceptors (Lipinski definition) is 4. The van der Waals surface area contributed by atoms with E-state index in [9.17, 15) is 9.59 Å². The van der Waals surface area contributed by atoms with Gasteiger partial charge in [-0.2, -0.15) is 0 Å². The van der Waals surface area contributed by atoms with E-state index in [1.807, 2.05) is 0 Å². The second-order valence-corrected chi connectivity index (χ2v) is 6.36. The molecule has 1 amide bonds. The SMILES string of the molecule is COc1cccc(C(=O)Nc2ccc3nc4n(c(=O)c3c2)CCCC4)c1. The fourth-order valence-electron chi connectivity index (χ4n) is 3.29. The van der Waals surface area contributed by atoms with Crippen molar-refractivity contribution in [3.8, 4) is 5.75 Å². The third kappa shape index (κ3) is 2.94. The highest BCUT2D eigenvalue weighted by atomic mass is 16.5. The van der Waals surface area contributed by atoms with E-state index in [1.54, 1.807) is 54.1 Å². The molecule has 1 aliphatic heterocycles. The number of aryl methyl sites for hydroxylation is 1. The van der Waals surface area contributed by atoms with E-state index >= 15 is 0 Å². The molecule has 1 aromatic heterocycles. The van der Waals surface area contributed by atoms with Crippen LogP contribution in [0.1, 0.15) is 29.0 Å². The maximum Gasteiger partial charge on any atom is 0.261 e. The maximum absolute atomic E-state index is 12.8. The van der Waals surface area contributed by atoms with Crippen LogP contribution in [0.3, 0.4) is 0 Å². The van der Waals surface area contributed by atoms with Crippen LogP contribution >= 0.6 is 0 Å². The van der Waals surface area contributed by atoms with Crippen LogP contribution in [0, 0.1) is 0 Å². The molecule has 0 atom stereocenters. The second kappa shape index (κ2) is 6.63. The lowest BCUT2D eigenvalue weighted by atomic mass is 10.1. The number of anilines is 1. The minimum Gasteiger partial charge on any atom is -0.497 e. The topological polar surface area (TPSA) is 73.2 Å². The summed E-state index contributed by atoms with van der Waals surface area (Å²) in [7, 11) is 1.56. The summed E-state index contributed by atoms with van der Waals surface area (Å²) in [6, 6.07) is 12.2. The molecule has 0 fully saturated rings. The van der Waals surface area contributed by atoms with Gasteiger partial charge in [0.15, 0.2) is 0 Å². The summed E-state index contributed by atoms with van der Waals surface area (Å²) < 4.78 is 6.90. The molecule has 0 radical (unpaired) electrons. The Balaban J connectivity index is 1.68. The molecule has 4 rings (SSSR count). The van der Waals surface area contributed by atoms with Crippen molar-refractivity contribution in [2.75, 3.05) is 12.4 Å². The van der Waals surface area contributed by atoms with Crippen LogP contribution in [0.4, 0.5) is 5.69 Å².